The standard InChI is InChI=1S/C13H20F3NO2/c14-13(15,16)10-4-1-3-9(7-10)11(18)17-8-12(19)5-2-6-12/h9-10,19H,1-8H2,(H,17,18). The van der Waals surface area contributed by atoms with E-state index in [0.717, 1.165) is 6.42 Å². The summed E-state index contributed by atoms with van der Waals surface area (Å²) in [6.45, 7) is 0.166. The Labute approximate surface area is 110 Å². The van der Waals surface area contributed by atoms with E-state index in [1.807, 2.05) is 0 Å². The predicted octanol–water partition coefficient (Wildman–Crippen LogP) is 2.39. The number of amides is 1. The number of carbonyl (C=O) groups is 1. The van der Waals surface area contributed by atoms with Gasteiger partial charge in [-0.15, -0.1) is 0 Å². The molecule has 1 amide bonds. The van der Waals surface area contributed by atoms with Crippen LogP contribution in [0.2, 0.25) is 0 Å². The first-order chi connectivity index (χ1) is 8.80. The van der Waals surface area contributed by atoms with Crippen molar-refractivity contribution < 1.29 is 23.1 Å². The summed E-state index contributed by atoms with van der Waals surface area (Å²) < 4.78 is 37.9. The molecular weight excluding hydrogens is 259 g/mol. The lowest BCUT2D eigenvalue weighted by molar-refractivity contribution is -0.186. The Balaban J connectivity index is 1.81. The SMILES string of the molecule is O=C(NCC1(O)CCC1)C1CCCC(C(F)(F)F)C1. The van der Waals surface area contributed by atoms with Gasteiger partial charge in [0.05, 0.1) is 11.5 Å². The number of nitrogens with one attached hydrogen (secondary N) is 1. The molecule has 2 saturated carbocycles. The molecule has 0 aromatic heterocycles. The summed E-state index contributed by atoms with van der Waals surface area (Å²) in [7, 11) is 0. The van der Waals surface area contributed by atoms with Crippen molar-refractivity contribution in [2.75, 3.05) is 6.54 Å². The van der Waals surface area contributed by atoms with Crippen LogP contribution in [0.3, 0.4) is 0 Å². The first-order valence-electron chi connectivity index (χ1n) is 6.87. The zero-order valence-electron chi connectivity index (χ0n) is 10.8. The third-order valence-electron chi connectivity index (χ3n) is 4.38. The Morgan fingerprint density at radius 2 is 1.95 bits per heavy atom. The Morgan fingerprint density at radius 1 is 1.26 bits per heavy atom. The van der Waals surface area contributed by atoms with Crippen molar-refractivity contribution in [3.8, 4) is 0 Å². The largest absolute Gasteiger partial charge is 0.391 e. The quantitative estimate of drug-likeness (QED) is 0.833. The molecule has 2 aliphatic rings. The van der Waals surface area contributed by atoms with Crippen molar-refractivity contribution in [2.45, 2.75) is 56.7 Å². The average Bonchev–Trinajstić information content (AvgIpc) is 2.33. The van der Waals surface area contributed by atoms with Gasteiger partial charge in [0.2, 0.25) is 5.91 Å². The van der Waals surface area contributed by atoms with Gasteiger partial charge in [0, 0.05) is 12.5 Å². The number of alkyl halides is 3. The van der Waals surface area contributed by atoms with Crippen LogP contribution in [0.25, 0.3) is 0 Å². The molecular formula is C13H20F3NO2. The number of carbonyl (C=O) groups excluding carboxylic acids is 1. The van der Waals surface area contributed by atoms with Crippen LogP contribution in [0.1, 0.15) is 44.9 Å². The third-order valence-corrected chi connectivity index (χ3v) is 4.38. The minimum Gasteiger partial charge on any atom is -0.388 e. The van der Waals surface area contributed by atoms with E-state index in [0.29, 0.717) is 25.7 Å². The van der Waals surface area contributed by atoms with Gasteiger partial charge in [-0.25, -0.2) is 0 Å². The van der Waals surface area contributed by atoms with Crippen LogP contribution >= 0.6 is 0 Å². The first-order valence-corrected chi connectivity index (χ1v) is 6.87. The van der Waals surface area contributed by atoms with Gasteiger partial charge < -0.3 is 10.4 Å². The van der Waals surface area contributed by atoms with Gasteiger partial charge in [-0.1, -0.05) is 6.42 Å². The lowest BCUT2D eigenvalue weighted by Gasteiger charge is -2.37. The van der Waals surface area contributed by atoms with E-state index in [1.165, 1.54) is 0 Å². The second-order valence-corrected chi connectivity index (χ2v) is 5.90. The summed E-state index contributed by atoms with van der Waals surface area (Å²) in [6.07, 6.45) is -1.00. The third kappa shape index (κ3) is 3.61. The van der Waals surface area contributed by atoms with Crippen LogP contribution in [-0.4, -0.2) is 29.3 Å². The summed E-state index contributed by atoms with van der Waals surface area (Å²) >= 11 is 0. The summed E-state index contributed by atoms with van der Waals surface area (Å²) in [6, 6.07) is 0. The molecule has 0 aromatic carbocycles. The zero-order chi connectivity index (χ0) is 14.1. The smallest absolute Gasteiger partial charge is 0.388 e. The highest BCUT2D eigenvalue weighted by molar-refractivity contribution is 5.78. The fraction of sp³-hybridized carbons (Fsp3) is 0.923. The second-order valence-electron chi connectivity index (χ2n) is 5.90. The van der Waals surface area contributed by atoms with Crippen molar-refractivity contribution in [3.63, 3.8) is 0 Å². The monoisotopic (exact) mass is 279 g/mol. The maximum absolute atomic E-state index is 12.6. The second kappa shape index (κ2) is 5.31. The summed E-state index contributed by atoms with van der Waals surface area (Å²) in [4.78, 5) is 11.9. The van der Waals surface area contributed by atoms with Crippen molar-refractivity contribution >= 4 is 5.91 Å². The average molecular weight is 279 g/mol. The number of hydrogen-bond acceptors (Lipinski definition) is 2. The molecule has 2 fully saturated rings. The summed E-state index contributed by atoms with van der Waals surface area (Å²) in [5.74, 6) is -2.26. The fourth-order valence-electron chi connectivity index (χ4n) is 2.88. The molecule has 3 nitrogen and oxygen atoms in total. The molecule has 2 N–H and O–H groups in total. The highest BCUT2D eigenvalue weighted by Gasteiger charge is 2.44. The minimum absolute atomic E-state index is 0.117. The van der Waals surface area contributed by atoms with E-state index in [4.69, 9.17) is 0 Å². The maximum atomic E-state index is 12.6. The molecule has 19 heavy (non-hydrogen) atoms. The lowest BCUT2D eigenvalue weighted by atomic mass is 9.79. The topological polar surface area (TPSA) is 49.3 Å². The van der Waals surface area contributed by atoms with Crippen LogP contribution in [0.4, 0.5) is 13.2 Å². The molecule has 0 aromatic rings. The highest BCUT2D eigenvalue weighted by atomic mass is 19.4. The Morgan fingerprint density at radius 3 is 2.47 bits per heavy atom. The molecule has 0 bridgehead atoms. The Bertz CT molecular complexity index is 339. The first kappa shape index (κ1) is 14.6. The zero-order valence-corrected chi connectivity index (χ0v) is 10.8. The maximum Gasteiger partial charge on any atom is 0.391 e. The molecule has 0 spiro atoms. The summed E-state index contributed by atoms with van der Waals surface area (Å²) in [5, 5.41) is 12.5. The van der Waals surface area contributed by atoms with Crippen molar-refractivity contribution in [3.05, 3.63) is 0 Å². The van der Waals surface area contributed by atoms with E-state index < -0.39 is 23.6 Å². The van der Waals surface area contributed by atoms with Crippen LogP contribution in [0.15, 0.2) is 0 Å². The predicted molar refractivity (Wildman–Crippen MR) is 63.3 cm³/mol. The van der Waals surface area contributed by atoms with Crippen molar-refractivity contribution in [1.29, 1.82) is 0 Å². The Hall–Kier alpha value is -0.780. The van der Waals surface area contributed by atoms with Crippen molar-refractivity contribution in [2.24, 2.45) is 11.8 Å². The summed E-state index contributed by atoms with van der Waals surface area (Å²) in [5.41, 5.74) is -0.826. The van der Waals surface area contributed by atoms with E-state index in [1.54, 1.807) is 0 Å². The van der Waals surface area contributed by atoms with E-state index in [-0.39, 0.29) is 25.3 Å². The van der Waals surface area contributed by atoms with Crippen LogP contribution in [0, 0.1) is 11.8 Å². The molecule has 0 saturated heterocycles. The minimum atomic E-state index is -4.20. The van der Waals surface area contributed by atoms with Gasteiger partial charge >= 0.3 is 6.18 Å². The highest BCUT2D eigenvalue weighted by Crippen LogP contribution is 2.40. The molecule has 2 atom stereocenters. The molecule has 0 heterocycles. The molecule has 2 aliphatic carbocycles. The molecule has 6 heteroatoms. The van der Waals surface area contributed by atoms with Gasteiger partial charge in [0.25, 0.3) is 0 Å². The number of aliphatic hydroxyl groups is 1. The van der Waals surface area contributed by atoms with Gasteiger partial charge in [0.1, 0.15) is 0 Å². The normalized spacial score (nSPS) is 30.5. The molecule has 2 unspecified atom stereocenters. The van der Waals surface area contributed by atoms with E-state index in [2.05, 4.69) is 5.32 Å². The van der Waals surface area contributed by atoms with Gasteiger partial charge in [0.15, 0.2) is 0 Å². The number of halogens is 3. The van der Waals surface area contributed by atoms with Gasteiger partial charge in [-0.3, -0.25) is 4.79 Å². The van der Waals surface area contributed by atoms with Gasteiger partial charge in [-0.2, -0.15) is 13.2 Å². The fourth-order valence-corrected chi connectivity index (χ4v) is 2.88. The van der Waals surface area contributed by atoms with Crippen LogP contribution in [-0.2, 0) is 4.79 Å². The van der Waals surface area contributed by atoms with E-state index in [9.17, 15) is 23.1 Å². The molecule has 0 radical (unpaired) electrons. The van der Waals surface area contributed by atoms with Crippen LogP contribution < -0.4 is 5.32 Å². The van der Waals surface area contributed by atoms with Crippen molar-refractivity contribution in [1.82, 2.24) is 5.32 Å². The Kier molecular flexibility index (Phi) is 4.08. The molecule has 0 aliphatic heterocycles. The van der Waals surface area contributed by atoms with Crippen LogP contribution in [0.5, 0.6) is 0 Å². The molecule has 2 rings (SSSR count). The van der Waals surface area contributed by atoms with E-state index >= 15 is 0 Å². The number of hydrogen-bond donors (Lipinski definition) is 2. The van der Waals surface area contributed by atoms with Gasteiger partial charge in [-0.05, 0) is 38.5 Å². The lowest BCUT2D eigenvalue weighted by Crippen LogP contribution is -2.49. The molecule has 110 valence electrons. The number of rotatable bonds is 3.